The van der Waals surface area contributed by atoms with Crippen LogP contribution in [0.5, 0.6) is 0 Å². The molecule has 3 nitrogen and oxygen atoms in total. The average molecular weight is 268 g/mol. The topological polar surface area (TPSA) is 46.1 Å². The summed E-state index contributed by atoms with van der Waals surface area (Å²) in [5, 5.41) is 12.2. The third kappa shape index (κ3) is 3.14. The fourth-order valence-corrected chi connectivity index (χ4v) is 4.87. The minimum Gasteiger partial charge on any atom is -0.385 e. The highest BCUT2D eigenvalue weighted by Crippen LogP contribution is 2.54. The lowest BCUT2D eigenvalue weighted by Crippen LogP contribution is -2.90. The van der Waals surface area contributed by atoms with Gasteiger partial charge in [0.1, 0.15) is 12.6 Å². The van der Waals surface area contributed by atoms with E-state index in [1.807, 2.05) is 0 Å². The van der Waals surface area contributed by atoms with Crippen LogP contribution in [0.2, 0.25) is 0 Å². The summed E-state index contributed by atoms with van der Waals surface area (Å²) in [6.45, 7) is 5.62. The molecule has 1 unspecified atom stereocenters. The summed E-state index contributed by atoms with van der Waals surface area (Å²) in [6, 6.07) is 0.552. The lowest BCUT2D eigenvalue weighted by atomic mass is 9.55. The van der Waals surface area contributed by atoms with Gasteiger partial charge < -0.3 is 15.2 Å². The second kappa shape index (κ2) is 5.71. The van der Waals surface area contributed by atoms with E-state index in [9.17, 15) is 5.11 Å². The Hall–Kier alpha value is -0.120. The lowest BCUT2D eigenvalue weighted by molar-refractivity contribution is -0.688. The SMILES string of the molecule is CC(C)[NH2+]CC(O)COC1C2CC3CC(C2)CC1C3. The maximum Gasteiger partial charge on any atom is 0.126 e. The second-order valence-electron chi connectivity index (χ2n) is 7.60. The molecule has 1 atom stereocenters. The highest BCUT2D eigenvalue weighted by Gasteiger charge is 2.48. The molecule has 3 heteroatoms. The first-order chi connectivity index (χ1) is 9.11. The van der Waals surface area contributed by atoms with E-state index >= 15 is 0 Å². The van der Waals surface area contributed by atoms with Crippen LogP contribution in [0.15, 0.2) is 0 Å². The maximum atomic E-state index is 10.00. The van der Waals surface area contributed by atoms with Gasteiger partial charge in [0.2, 0.25) is 0 Å². The summed E-state index contributed by atoms with van der Waals surface area (Å²) >= 11 is 0. The fraction of sp³-hybridized carbons (Fsp3) is 1.00. The maximum absolute atomic E-state index is 10.00. The van der Waals surface area contributed by atoms with Crippen molar-refractivity contribution in [3.63, 3.8) is 0 Å². The van der Waals surface area contributed by atoms with Crippen LogP contribution in [0, 0.1) is 23.7 Å². The van der Waals surface area contributed by atoms with Gasteiger partial charge in [-0.3, -0.25) is 0 Å². The smallest absolute Gasteiger partial charge is 0.126 e. The molecule has 0 spiro atoms. The molecule has 0 amide bonds. The molecule has 19 heavy (non-hydrogen) atoms. The van der Waals surface area contributed by atoms with Crippen molar-refractivity contribution >= 4 is 0 Å². The van der Waals surface area contributed by atoms with Crippen LogP contribution in [-0.2, 0) is 4.74 Å². The van der Waals surface area contributed by atoms with Crippen LogP contribution in [-0.4, -0.2) is 36.5 Å². The Balaban J connectivity index is 1.45. The number of rotatable bonds is 6. The third-order valence-corrected chi connectivity index (χ3v) is 5.50. The van der Waals surface area contributed by atoms with Gasteiger partial charge in [0.05, 0.1) is 18.8 Å². The molecule has 4 fully saturated rings. The monoisotopic (exact) mass is 268 g/mol. The Morgan fingerprint density at radius 1 is 1.05 bits per heavy atom. The Morgan fingerprint density at radius 3 is 2.16 bits per heavy atom. The van der Waals surface area contributed by atoms with Gasteiger partial charge in [0.25, 0.3) is 0 Å². The molecule has 0 aromatic heterocycles. The molecule has 0 aromatic rings. The van der Waals surface area contributed by atoms with Crippen molar-refractivity contribution < 1.29 is 15.2 Å². The van der Waals surface area contributed by atoms with E-state index in [0.29, 0.717) is 18.8 Å². The molecular weight excluding hydrogens is 238 g/mol. The lowest BCUT2D eigenvalue weighted by Gasteiger charge is -2.54. The minimum atomic E-state index is -0.306. The molecule has 4 saturated carbocycles. The predicted molar refractivity (Wildman–Crippen MR) is 74.7 cm³/mol. The molecule has 0 radical (unpaired) electrons. The number of hydrogen-bond acceptors (Lipinski definition) is 2. The average Bonchev–Trinajstić information content (AvgIpc) is 2.34. The van der Waals surface area contributed by atoms with Gasteiger partial charge in [0.15, 0.2) is 0 Å². The van der Waals surface area contributed by atoms with Crippen LogP contribution < -0.4 is 5.32 Å². The number of aliphatic hydroxyl groups is 1. The zero-order valence-corrected chi connectivity index (χ0v) is 12.4. The highest BCUT2D eigenvalue weighted by molar-refractivity contribution is 4.99. The van der Waals surface area contributed by atoms with Crippen molar-refractivity contribution in [2.75, 3.05) is 13.2 Å². The van der Waals surface area contributed by atoms with Crippen LogP contribution in [0.1, 0.15) is 46.0 Å². The summed E-state index contributed by atoms with van der Waals surface area (Å²) in [4.78, 5) is 0. The van der Waals surface area contributed by atoms with Crippen LogP contribution in [0.4, 0.5) is 0 Å². The van der Waals surface area contributed by atoms with Crippen LogP contribution in [0.3, 0.4) is 0 Å². The number of ether oxygens (including phenoxy) is 1. The molecule has 4 aliphatic carbocycles. The molecule has 4 bridgehead atoms. The first kappa shape index (κ1) is 13.8. The number of quaternary nitrogens is 1. The molecular formula is C16H30NO2+. The van der Waals surface area contributed by atoms with Gasteiger partial charge in [-0.1, -0.05) is 0 Å². The summed E-state index contributed by atoms with van der Waals surface area (Å²) in [6.07, 6.45) is 7.22. The molecule has 0 saturated heterocycles. The van der Waals surface area contributed by atoms with Crippen molar-refractivity contribution in [3.8, 4) is 0 Å². The number of nitrogens with two attached hydrogens (primary N) is 1. The summed E-state index contributed by atoms with van der Waals surface area (Å²) in [7, 11) is 0. The largest absolute Gasteiger partial charge is 0.385 e. The van der Waals surface area contributed by atoms with E-state index in [1.54, 1.807) is 0 Å². The van der Waals surface area contributed by atoms with Gasteiger partial charge in [-0.05, 0) is 69.6 Å². The number of aliphatic hydroxyl groups excluding tert-OH is 1. The van der Waals surface area contributed by atoms with Crippen molar-refractivity contribution in [1.29, 1.82) is 0 Å². The Morgan fingerprint density at radius 2 is 1.63 bits per heavy atom. The van der Waals surface area contributed by atoms with E-state index in [2.05, 4.69) is 19.2 Å². The Labute approximate surface area is 117 Å². The normalized spacial score (nSPS) is 42.0. The molecule has 110 valence electrons. The van der Waals surface area contributed by atoms with Crippen molar-refractivity contribution in [2.45, 2.75) is 64.2 Å². The number of hydrogen-bond donors (Lipinski definition) is 2. The van der Waals surface area contributed by atoms with Gasteiger partial charge in [0, 0.05) is 0 Å². The van der Waals surface area contributed by atoms with Crippen LogP contribution >= 0.6 is 0 Å². The quantitative estimate of drug-likeness (QED) is 0.759. The van der Waals surface area contributed by atoms with E-state index in [0.717, 1.165) is 30.2 Å². The summed E-state index contributed by atoms with van der Waals surface area (Å²) in [5.74, 6) is 3.61. The Kier molecular flexibility index (Phi) is 4.16. The van der Waals surface area contributed by atoms with E-state index in [-0.39, 0.29) is 6.10 Å². The molecule has 0 aromatic carbocycles. The fourth-order valence-electron chi connectivity index (χ4n) is 4.87. The highest BCUT2D eigenvalue weighted by atomic mass is 16.5. The third-order valence-electron chi connectivity index (χ3n) is 5.50. The molecule has 0 heterocycles. The van der Waals surface area contributed by atoms with Gasteiger partial charge >= 0.3 is 0 Å². The van der Waals surface area contributed by atoms with E-state index < -0.39 is 0 Å². The summed E-state index contributed by atoms with van der Waals surface area (Å²) in [5.41, 5.74) is 0. The molecule has 4 aliphatic rings. The van der Waals surface area contributed by atoms with Crippen molar-refractivity contribution in [2.24, 2.45) is 23.7 Å². The Bertz CT molecular complexity index is 277. The zero-order chi connectivity index (χ0) is 13.4. The minimum absolute atomic E-state index is 0.306. The van der Waals surface area contributed by atoms with Crippen molar-refractivity contribution in [1.82, 2.24) is 0 Å². The van der Waals surface area contributed by atoms with Crippen molar-refractivity contribution in [3.05, 3.63) is 0 Å². The first-order valence-corrected chi connectivity index (χ1v) is 8.24. The van der Waals surface area contributed by atoms with Gasteiger partial charge in [-0.15, -0.1) is 0 Å². The molecule has 0 aliphatic heterocycles. The first-order valence-electron chi connectivity index (χ1n) is 8.24. The standard InChI is InChI=1S/C16H29NO2/c1-10(2)17-8-15(18)9-19-16-13-4-11-3-12(6-13)7-14(16)5-11/h10-18H,3-9H2,1-2H3/p+1. The second-order valence-corrected chi connectivity index (χ2v) is 7.60. The van der Waals surface area contributed by atoms with Crippen LogP contribution in [0.25, 0.3) is 0 Å². The van der Waals surface area contributed by atoms with Gasteiger partial charge in [-0.25, -0.2) is 0 Å². The molecule has 3 N–H and O–H groups in total. The zero-order valence-electron chi connectivity index (χ0n) is 12.4. The van der Waals surface area contributed by atoms with E-state index in [1.165, 1.54) is 32.1 Å². The summed E-state index contributed by atoms with van der Waals surface area (Å²) < 4.78 is 6.14. The predicted octanol–water partition coefficient (Wildman–Crippen LogP) is 1.16. The molecule has 4 rings (SSSR count). The van der Waals surface area contributed by atoms with E-state index in [4.69, 9.17) is 4.74 Å². The van der Waals surface area contributed by atoms with Gasteiger partial charge in [-0.2, -0.15) is 0 Å².